The minimum Gasteiger partial charge on any atom is -0.477 e. The number of carbonyl (C=O) groups is 1. The molecule has 2 aromatic rings. The Hall–Kier alpha value is -4.14. The Labute approximate surface area is 145 Å². The van der Waals surface area contributed by atoms with E-state index in [1.807, 2.05) is 36.4 Å². The van der Waals surface area contributed by atoms with Gasteiger partial charge in [0.25, 0.3) is 0 Å². The topological polar surface area (TPSA) is 109 Å². The van der Waals surface area contributed by atoms with Gasteiger partial charge in [0.15, 0.2) is 0 Å². The lowest BCUT2D eigenvalue weighted by Crippen LogP contribution is -1.97. The first kappa shape index (κ1) is 18.9. The summed E-state index contributed by atoms with van der Waals surface area (Å²) in [4.78, 5) is 10.4. The number of nitrogens with zero attached hydrogens (tertiary/aromatic N) is 3. The Morgan fingerprint density at radius 1 is 0.760 bits per heavy atom. The quantitative estimate of drug-likeness (QED) is 0.681. The third-order valence-electron chi connectivity index (χ3n) is 2.81. The van der Waals surface area contributed by atoms with E-state index in [1.165, 1.54) is 6.08 Å². The summed E-state index contributed by atoms with van der Waals surface area (Å²) in [5.74, 6) is -1.20. The predicted octanol–water partition coefficient (Wildman–Crippen LogP) is 3.80. The fourth-order valence-corrected chi connectivity index (χ4v) is 1.66. The molecule has 5 heteroatoms. The summed E-state index contributed by atoms with van der Waals surface area (Å²) in [7, 11) is 0. The Morgan fingerprint density at radius 2 is 1.20 bits per heavy atom. The fourth-order valence-electron chi connectivity index (χ4n) is 1.66. The zero-order valence-electron chi connectivity index (χ0n) is 13.1. The van der Waals surface area contributed by atoms with Crippen LogP contribution in [0.1, 0.15) is 11.1 Å². The second-order valence-corrected chi connectivity index (χ2v) is 4.58. The zero-order chi connectivity index (χ0) is 18.5. The normalized spacial score (nSPS) is 9.24. The molecule has 2 rings (SSSR count). The van der Waals surface area contributed by atoms with Crippen LogP contribution in [0.3, 0.4) is 0 Å². The Bertz CT molecular complexity index is 878. The van der Waals surface area contributed by atoms with E-state index in [0.29, 0.717) is 5.56 Å². The van der Waals surface area contributed by atoms with Crippen LogP contribution in [0.15, 0.2) is 71.8 Å². The molecule has 0 aliphatic rings. The smallest absolute Gasteiger partial charge is 0.346 e. The van der Waals surface area contributed by atoms with Crippen molar-refractivity contribution in [3.8, 4) is 18.2 Å². The molecule has 1 N–H and O–H groups in total. The average molecular weight is 327 g/mol. The largest absolute Gasteiger partial charge is 0.477 e. The number of allylic oxidation sites excluding steroid dienone is 1. The predicted molar refractivity (Wildman–Crippen MR) is 93.3 cm³/mol. The molecule has 0 aromatic heterocycles. The van der Waals surface area contributed by atoms with E-state index in [0.717, 1.165) is 5.56 Å². The molecule has 0 spiro atoms. The van der Waals surface area contributed by atoms with Crippen molar-refractivity contribution in [2.75, 3.05) is 0 Å². The molecule has 0 bridgehead atoms. The highest BCUT2D eigenvalue weighted by Gasteiger charge is 2.04. The van der Waals surface area contributed by atoms with Gasteiger partial charge in [0, 0.05) is 0 Å². The molecule has 0 saturated heterocycles. The van der Waals surface area contributed by atoms with Gasteiger partial charge < -0.3 is 5.11 Å². The van der Waals surface area contributed by atoms with Gasteiger partial charge in [0.2, 0.25) is 0 Å². The first-order valence-corrected chi connectivity index (χ1v) is 7.07. The summed E-state index contributed by atoms with van der Waals surface area (Å²) >= 11 is 0. The molecule has 25 heavy (non-hydrogen) atoms. The van der Waals surface area contributed by atoms with Gasteiger partial charge >= 0.3 is 5.97 Å². The molecule has 5 nitrogen and oxygen atoms in total. The highest BCUT2D eigenvalue weighted by Crippen LogP contribution is 2.06. The number of hydrogen-bond donors (Lipinski definition) is 1. The first-order valence-electron chi connectivity index (χ1n) is 7.07. The van der Waals surface area contributed by atoms with Crippen molar-refractivity contribution in [3.05, 3.63) is 82.9 Å². The van der Waals surface area contributed by atoms with Gasteiger partial charge in [-0.25, -0.2) is 4.79 Å². The minimum absolute atomic E-state index is 0.126. The van der Waals surface area contributed by atoms with E-state index in [-0.39, 0.29) is 11.1 Å². The maximum Gasteiger partial charge on any atom is 0.346 e. The zero-order valence-corrected chi connectivity index (χ0v) is 13.1. The van der Waals surface area contributed by atoms with Crippen LogP contribution in [0.25, 0.3) is 12.2 Å². The van der Waals surface area contributed by atoms with Crippen LogP contribution in [0.2, 0.25) is 0 Å². The number of nitriles is 3. The van der Waals surface area contributed by atoms with Gasteiger partial charge in [-0.2, -0.15) is 15.8 Å². The SMILES string of the molecule is N#C/C(=C\c1ccccc1)C(=O)O.N#CC(C#N)=Cc1ccccc1. The van der Waals surface area contributed by atoms with Gasteiger partial charge in [-0.15, -0.1) is 0 Å². The van der Waals surface area contributed by atoms with Gasteiger partial charge in [-0.05, 0) is 23.3 Å². The number of hydrogen-bond acceptors (Lipinski definition) is 4. The van der Waals surface area contributed by atoms with Gasteiger partial charge in [0.05, 0.1) is 0 Å². The number of benzene rings is 2. The Morgan fingerprint density at radius 3 is 1.56 bits per heavy atom. The molecular formula is C20H13N3O2. The lowest BCUT2D eigenvalue weighted by atomic mass is 10.1. The lowest BCUT2D eigenvalue weighted by molar-refractivity contribution is -0.132. The summed E-state index contributed by atoms with van der Waals surface area (Å²) in [6.45, 7) is 0. The molecule has 0 atom stereocenters. The van der Waals surface area contributed by atoms with Crippen molar-refractivity contribution in [1.29, 1.82) is 15.8 Å². The van der Waals surface area contributed by atoms with Gasteiger partial charge in [0.1, 0.15) is 29.4 Å². The summed E-state index contributed by atoms with van der Waals surface area (Å²) < 4.78 is 0. The average Bonchev–Trinajstić information content (AvgIpc) is 2.66. The molecule has 0 aliphatic heterocycles. The highest BCUT2D eigenvalue weighted by molar-refractivity contribution is 5.96. The standard InChI is InChI=1S/C10H6N2.C10H7NO2/c11-7-10(8-12)6-9-4-2-1-3-5-9;11-7-9(10(12)13)6-8-4-2-1-3-5-8/h1-6H;1-6H,(H,12,13)/b;9-6+. The molecule has 0 unspecified atom stereocenters. The molecule has 2 aromatic carbocycles. The van der Waals surface area contributed by atoms with E-state index in [9.17, 15) is 4.79 Å². The van der Waals surface area contributed by atoms with E-state index >= 15 is 0 Å². The number of rotatable bonds is 3. The maximum atomic E-state index is 10.4. The molecular weight excluding hydrogens is 314 g/mol. The fraction of sp³-hybridized carbons (Fsp3) is 0. The van der Waals surface area contributed by atoms with Crippen molar-refractivity contribution in [2.45, 2.75) is 0 Å². The van der Waals surface area contributed by atoms with Crippen LogP contribution < -0.4 is 0 Å². The number of carboxylic acids is 1. The Kier molecular flexibility index (Phi) is 7.99. The molecule has 0 fully saturated rings. The molecule has 0 heterocycles. The summed E-state index contributed by atoms with van der Waals surface area (Å²) in [6.07, 6.45) is 2.89. The molecule has 0 amide bonds. The Balaban J connectivity index is 0.000000251. The number of aliphatic carboxylic acids is 1. The van der Waals surface area contributed by atoms with Gasteiger partial charge in [-0.3, -0.25) is 0 Å². The summed E-state index contributed by atoms with van der Waals surface area (Å²) in [5, 5.41) is 33.9. The van der Waals surface area contributed by atoms with Crippen molar-refractivity contribution in [2.24, 2.45) is 0 Å². The van der Waals surface area contributed by atoms with Crippen LogP contribution in [0, 0.1) is 34.0 Å². The third-order valence-corrected chi connectivity index (χ3v) is 2.81. The van der Waals surface area contributed by atoms with Crippen LogP contribution in [0.4, 0.5) is 0 Å². The molecule has 0 aliphatic carbocycles. The van der Waals surface area contributed by atoms with Crippen molar-refractivity contribution >= 4 is 18.1 Å². The van der Waals surface area contributed by atoms with E-state index in [4.69, 9.17) is 20.9 Å². The molecule has 120 valence electrons. The van der Waals surface area contributed by atoms with Crippen LogP contribution in [0.5, 0.6) is 0 Å². The van der Waals surface area contributed by atoms with Crippen molar-refractivity contribution in [3.63, 3.8) is 0 Å². The lowest BCUT2D eigenvalue weighted by Gasteiger charge is -1.91. The first-order chi connectivity index (χ1) is 12.1. The van der Waals surface area contributed by atoms with Crippen LogP contribution in [-0.4, -0.2) is 11.1 Å². The van der Waals surface area contributed by atoms with Crippen LogP contribution >= 0.6 is 0 Å². The molecule has 0 radical (unpaired) electrons. The second kappa shape index (κ2) is 10.6. The summed E-state index contributed by atoms with van der Waals surface area (Å²) in [5.41, 5.74) is 1.45. The van der Waals surface area contributed by atoms with Crippen molar-refractivity contribution in [1.82, 2.24) is 0 Å². The second-order valence-electron chi connectivity index (χ2n) is 4.58. The third kappa shape index (κ3) is 7.10. The van der Waals surface area contributed by atoms with E-state index in [2.05, 4.69) is 0 Å². The monoisotopic (exact) mass is 327 g/mol. The minimum atomic E-state index is -1.20. The van der Waals surface area contributed by atoms with E-state index < -0.39 is 5.97 Å². The van der Waals surface area contributed by atoms with Crippen LogP contribution in [-0.2, 0) is 4.79 Å². The highest BCUT2D eigenvalue weighted by atomic mass is 16.4. The molecule has 0 saturated carbocycles. The summed E-state index contributed by atoms with van der Waals surface area (Å²) in [6, 6.07) is 23.4. The van der Waals surface area contributed by atoms with E-state index in [1.54, 1.807) is 48.5 Å². The van der Waals surface area contributed by atoms with Crippen molar-refractivity contribution < 1.29 is 9.90 Å². The number of carboxylic acid groups (broad SMARTS) is 1. The maximum absolute atomic E-state index is 10.4. The van der Waals surface area contributed by atoms with Gasteiger partial charge in [-0.1, -0.05) is 60.7 Å².